The van der Waals surface area contributed by atoms with Gasteiger partial charge in [-0.2, -0.15) is 0 Å². The summed E-state index contributed by atoms with van der Waals surface area (Å²) >= 11 is 0. The second-order valence-corrected chi connectivity index (χ2v) is 6.89. The Balaban J connectivity index is 1.31. The number of nitrogens with one attached hydrogen (secondary N) is 2. The zero-order chi connectivity index (χ0) is 20.9. The predicted molar refractivity (Wildman–Crippen MR) is 115 cm³/mol. The molecule has 150 valence electrons. The molecule has 0 saturated heterocycles. The van der Waals surface area contributed by atoms with Crippen LogP contribution in [0.2, 0.25) is 0 Å². The summed E-state index contributed by atoms with van der Waals surface area (Å²) in [6.45, 7) is 1.78. The number of aryl methyl sites for hydroxylation is 1. The van der Waals surface area contributed by atoms with Gasteiger partial charge in [0, 0.05) is 12.4 Å². The maximum atomic E-state index is 12.3. The smallest absolute Gasteiger partial charge is 0.243 e. The van der Waals surface area contributed by atoms with E-state index in [0.29, 0.717) is 11.5 Å². The van der Waals surface area contributed by atoms with Crippen LogP contribution in [0.5, 0.6) is 0 Å². The topological polar surface area (TPSA) is 88.9 Å². The molecule has 0 fully saturated rings. The van der Waals surface area contributed by atoms with Crippen molar-refractivity contribution in [3.63, 3.8) is 0 Å². The first-order chi connectivity index (χ1) is 14.6. The number of anilines is 1. The molecule has 7 heteroatoms. The molecule has 4 aromatic rings. The third kappa shape index (κ3) is 4.35. The van der Waals surface area contributed by atoms with Gasteiger partial charge in [-0.3, -0.25) is 14.2 Å². The molecule has 2 amide bonds. The number of carbonyl (C=O) groups excluding carboxylic acids is 2. The Morgan fingerprint density at radius 1 is 0.967 bits per heavy atom. The van der Waals surface area contributed by atoms with E-state index < -0.39 is 0 Å². The highest BCUT2D eigenvalue weighted by Crippen LogP contribution is 2.18. The lowest BCUT2D eigenvalue weighted by atomic mass is 10.0. The molecule has 30 heavy (non-hydrogen) atoms. The van der Waals surface area contributed by atoms with Crippen molar-refractivity contribution in [1.82, 2.24) is 19.9 Å². The van der Waals surface area contributed by atoms with E-state index in [0.717, 1.165) is 22.2 Å². The minimum atomic E-state index is -0.311. The van der Waals surface area contributed by atoms with Gasteiger partial charge in [-0.05, 0) is 35.4 Å². The van der Waals surface area contributed by atoms with Gasteiger partial charge in [-0.25, -0.2) is 9.97 Å². The third-order valence-corrected chi connectivity index (χ3v) is 4.78. The molecule has 2 heterocycles. The molecule has 2 N–H and O–H groups in total. The van der Waals surface area contributed by atoms with E-state index in [1.165, 1.54) is 0 Å². The standard InChI is InChI=1S/C23H21N5O2/c1-16-24-11-12-28(16)21-10-9-19(14-25-21)27-23(30)15-26-22(29)13-18-7-4-6-17-5-2-3-8-20(17)18/h2-12,14H,13,15H2,1H3,(H,26,29)(H,27,30). The van der Waals surface area contributed by atoms with Crippen molar-refractivity contribution < 1.29 is 9.59 Å². The van der Waals surface area contributed by atoms with Crippen molar-refractivity contribution >= 4 is 28.3 Å². The second kappa shape index (κ2) is 8.57. The number of fused-ring (bicyclic) bond motifs is 1. The van der Waals surface area contributed by atoms with Crippen molar-refractivity contribution in [2.24, 2.45) is 0 Å². The summed E-state index contributed by atoms with van der Waals surface area (Å²) in [6.07, 6.45) is 5.31. The molecule has 0 atom stereocenters. The quantitative estimate of drug-likeness (QED) is 0.522. The molecule has 0 bridgehead atoms. The van der Waals surface area contributed by atoms with Crippen LogP contribution < -0.4 is 10.6 Å². The highest BCUT2D eigenvalue weighted by molar-refractivity contribution is 5.95. The van der Waals surface area contributed by atoms with Crippen LogP contribution in [-0.2, 0) is 16.0 Å². The molecule has 0 unspecified atom stereocenters. The monoisotopic (exact) mass is 399 g/mol. The second-order valence-electron chi connectivity index (χ2n) is 6.89. The maximum Gasteiger partial charge on any atom is 0.243 e. The summed E-state index contributed by atoms with van der Waals surface area (Å²) in [4.78, 5) is 33.0. The maximum absolute atomic E-state index is 12.3. The number of rotatable bonds is 6. The molecule has 2 aromatic carbocycles. The van der Waals surface area contributed by atoms with E-state index >= 15 is 0 Å². The van der Waals surface area contributed by atoms with Crippen molar-refractivity contribution in [2.45, 2.75) is 13.3 Å². The summed E-state index contributed by atoms with van der Waals surface area (Å²) in [5, 5.41) is 7.54. The minimum Gasteiger partial charge on any atom is -0.347 e. The number of nitrogens with zero attached hydrogens (tertiary/aromatic N) is 3. The first-order valence-corrected chi connectivity index (χ1v) is 9.60. The van der Waals surface area contributed by atoms with E-state index in [4.69, 9.17) is 0 Å². The minimum absolute atomic E-state index is 0.105. The molecule has 0 aliphatic carbocycles. The van der Waals surface area contributed by atoms with Crippen LogP contribution in [-0.4, -0.2) is 32.9 Å². The zero-order valence-corrected chi connectivity index (χ0v) is 16.5. The Kier molecular flexibility index (Phi) is 5.52. The van der Waals surface area contributed by atoms with E-state index in [1.54, 1.807) is 24.5 Å². The van der Waals surface area contributed by atoms with Crippen LogP contribution in [0.4, 0.5) is 5.69 Å². The Hall–Kier alpha value is -4.00. The normalized spacial score (nSPS) is 10.7. The van der Waals surface area contributed by atoms with Crippen LogP contribution in [0.25, 0.3) is 16.6 Å². The van der Waals surface area contributed by atoms with Crippen LogP contribution in [0.3, 0.4) is 0 Å². The summed E-state index contributed by atoms with van der Waals surface area (Å²) in [5.41, 5.74) is 1.49. The molecule has 0 aliphatic rings. The largest absolute Gasteiger partial charge is 0.347 e. The molecule has 0 saturated carbocycles. The van der Waals surface area contributed by atoms with E-state index in [9.17, 15) is 9.59 Å². The number of imidazole rings is 1. The third-order valence-electron chi connectivity index (χ3n) is 4.78. The van der Waals surface area contributed by atoms with Gasteiger partial charge in [-0.15, -0.1) is 0 Å². The van der Waals surface area contributed by atoms with Crippen molar-refractivity contribution in [3.8, 4) is 5.82 Å². The number of benzene rings is 2. The number of carbonyl (C=O) groups is 2. The van der Waals surface area contributed by atoms with Gasteiger partial charge in [-0.1, -0.05) is 42.5 Å². The van der Waals surface area contributed by atoms with Crippen molar-refractivity contribution in [3.05, 3.63) is 84.6 Å². The first-order valence-electron chi connectivity index (χ1n) is 9.60. The van der Waals surface area contributed by atoms with Gasteiger partial charge in [0.05, 0.1) is 24.8 Å². The molecule has 0 radical (unpaired) electrons. The lowest BCUT2D eigenvalue weighted by Gasteiger charge is -2.09. The Morgan fingerprint density at radius 2 is 1.80 bits per heavy atom. The number of amides is 2. The fourth-order valence-corrected chi connectivity index (χ4v) is 3.29. The summed E-state index contributed by atoms with van der Waals surface area (Å²) in [6, 6.07) is 17.3. The Bertz CT molecular complexity index is 1190. The predicted octanol–water partition coefficient (Wildman–Crippen LogP) is 3.03. The summed E-state index contributed by atoms with van der Waals surface area (Å²) in [5.74, 6) is 1.03. The number of hydrogen-bond donors (Lipinski definition) is 2. The Labute approximate surface area is 173 Å². The lowest BCUT2D eigenvalue weighted by Crippen LogP contribution is -2.33. The van der Waals surface area contributed by atoms with Crippen LogP contribution in [0, 0.1) is 6.92 Å². The molecule has 4 rings (SSSR count). The molecule has 7 nitrogen and oxygen atoms in total. The highest BCUT2D eigenvalue weighted by atomic mass is 16.2. The highest BCUT2D eigenvalue weighted by Gasteiger charge is 2.10. The lowest BCUT2D eigenvalue weighted by molar-refractivity contribution is -0.123. The van der Waals surface area contributed by atoms with Crippen LogP contribution in [0.15, 0.2) is 73.2 Å². The molecular weight excluding hydrogens is 378 g/mol. The van der Waals surface area contributed by atoms with Crippen LogP contribution in [0.1, 0.15) is 11.4 Å². The van der Waals surface area contributed by atoms with Gasteiger partial charge in [0.15, 0.2) is 0 Å². The van der Waals surface area contributed by atoms with Gasteiger partial charge in [0.25, 0.3) is 0 Å². The summed E-state index contributed by atoms with van der Waals surface area (Å²) < 4.78 is 1.85. The van der Waals surface area contributed by atoms with Crippen LogP contribution >= 0.6 is 0 Å². The molecular formula is C23H21N5O2. The SMILES string of the molecule is Cc1nccn1-c1ccc(NC(=O)CNC(=O)Cc2cccc3ccccc23)cn1. The average Bonchev–Trinajstić information content (AvgIpc) is 3.19. The fraction of sp³-hybridized carbons (Fsp3) is 0.130. The van der Waals surface area contributed by atoms with Crippen molar-refractivity contribution in [1.29, 1.82) is 0 Å². The number of pyridine rings is 1. The zero-order valence-electron chi connectivity index (χ0n) is 16.5. The van der Waals surface area contributed by atoms with Gasteiger partial charge in [0.1, 0.15) is 11.6 Å². The van der Waals surface area contributed by atoms with E-state index in [1.807, 2.05) is 60.2 Å². The Morgan fingerprint density at radius 3 is 2.57 bits per heavy atom. The molecule has 0 aliphatic heterocycles. The van der Waals surface area contributed by atoms with Gasteiger partial charge in [0.2, 0.25) is 11.8 Å². The van der Waals surface area contributed by atoms with E-state index in [2.05, 4.69) is 20.6 Å². The fourth-order valence-electron chi connectivity index (χ4n) is 3.29. The number of hydrogen-bond acceptors (Lipinski definition) is 4. The van der Waals surface area contributed by atoms with Gasteiger partial charge >= 0.3 is 0 Å². The van der Waals surface area contributed by atoms with Crippen molar-refractivity contribution in [2.75, 3.05) is 11.9 Å². The summed E-state index contributed by atoms with van der Waals surface area (Å²) in [7, 11) is 0. The number of aromatic nitrogens is 3. The average molecular weight is 399 g/mol. The first kappa shape index (κ1) is 19.3. The molecule has 2 aromatic heterocycles. The van der Waals surface area contributed by atoms with E-state index in [-0.39, 0.29) is 24.8 Å². The molecule has 0 spiro atoms. The van der Waals surface area contributed by atoms with Gasteiger partial charge < -0.3 is 10.6 Å².